The normalized spacial score (nSPS) is 14.7. The first-order chi connectivity index (χ1) is 9.26. The molecule has 4 heteroatoms. The van der Waals surface area contributed by atoms with E-state index in [0.29, 0.717) is 5.56 Å². The first-order valence-corrected chi connectivity index (χ1v) is 7.09. The molecule has 2 atom stereocenters. The molecule has 3 nitrogen and oxygen atoms in total. The Morgan fingerprint density at radius 3 is 2.45 bits per heavy atom. The fourth-order valence-electron chi connectivity index (χ4n) is 1.90. The van der Waals surface area contributed by atoms with E-state index in [2.05, 4.69) is 10.6 Å². The Labute approximate surface area is 121 Å². The second-order valence-electron chi connectivity index (χ2n) is 5.86. The van der Waals surface area contributed by atoms with E-state index < -0.39 is 0 Å². The van der Waals surface area contributed by atoms with E-state index in [4.69, 9.17) is 0 Å². The van der Waals surface area contributed by atoms with Gasteiger partial charge >= 0.3 is 0 Å². The molecule has 0 aromatic heterocycles. The summed E-state index contributed by atoms with van der Waals surface area (Å²) in [6.07, 6.45) is 0.855. The predicted octanol–water partition coefficient (Wildman–Crippen LogP) is 3.17. The maximum Gasteiger partial charge on any atom is 0.237 e. The summed E-state index contributed by atoms with van der Waals surface area (Å²) in [7, 11) is 0. The number of hydrogen-bond acceptors (Lipinski definition) is 2. The van der Waals surface area contributed by atoms with Crippen LogP contribution in [0.1, 0.15) is 52.6 Å². The van der Waals surface area contributed by atoms with Crippen LogP contribution in [0.25, 0.3) is 0 Å². The zero-order chi connectivity index (χ0) is 15.3. The van der Waals surface area contributed by atoms with Gasteiger partial charge in [-0.1, -0.05) is 25.1 Å². The van der Waals surface area contributed by atoms with Crippen molar-refractivity contribution < 1.29 is 9.18 Å². The summed E-state index contributed by atoms with van der Waals surface area (Å²) in [5, 5.41) is 6.11. The first-order valence-electron chi connectivity index (χ1n) is 7.09. The molecular weight excluding hydrogens is 255 g/mol. The Hall–Kier alpha value is -1.42. The molecule has 20 heavy (non-hydrogen) atoms. The summed E-state index contributed by atoms with van der Waals surface area (Å²) >= 11 is 0. The minimum Gasteiger partial charge on any atom is -0.350 e. The van der Waals surface area contributed by atoms with Gasteiger partial charge in [0, 0.05) is 17.1 Å². The molecule has 0 aliphatic carbocycles. The summed E-state index contributed by atoms with van der Waals surface area (Å²) in [5.41, 5.74) is 0.343. The van der Waals surface area contributed by atoms with Crippen LogP contribution in [0.15, 0.2) is 24.3 Å². The third-order valence-corrected chi connectivity index (χ3v) is 3.61. The van der Waals surface area contributed by atoms with Gasteiger partial charge in [0.2, 0.25) is 5.91 Å². The van der Waals surface area contributed by atoms with Crippen LogP contribution in [0.5, 0.6) is 0 Å². The zero-order valence-electron chi connectivity index (χ0n) is 13.0. The summed E-state index contributed by atoms with van der Waals surface area (Å²) in [6.45, 7) is 9.64. The van der Waals surface area contributed by atoms with Crippen molar-refractivity contribution in [2.75, 3.05) is 0 Å². The topological polar surface area (TPSA) is 41.1 Å². The van der Waals surface area contributed by atoms with E-state index in [9.17, 15) is 9.18 Å². The number of amides is 1. The molecule has 0 radical (unpaired) electrons. The summed E-state index contributed by atoms with van der Waals surface area (Å²) in [6, 6.07) is 6.01. The largest absolute Gasteiger partial charge is 0.350 e. The molecule has 1 unspecified atom stereocenters. The molecule has 0 spiro atoms. The summed E-state index contributed by atoms with van der Waals surface area (Å²) < 4.78 is 13.7. The first kappa shape index (κ1) is 16.6. The quantitative estimate of drug-likeness (QED) is 0.840. The standard InChI is InChI=1S/C16H25FN2O/c1-6-16(4,5)19-15(20)12(3)18-11(2)13-9-7-8-10-14(13)17/h7-12,18H,6H2,1-5H3,(H,19,20)/t11-,12?/m1/s1. The van der Waals surface area contributed by atoms with Crippen LogP contribution >= 0.6 is 0 Å². The molecule has 2 N–H and O–H groups in total. The summed E-state index contributed by atoms with van der Waals surface area (Å²) in [5.74, 6) is -0.325. The maximum absolute atomic E-state index is 13.7. The van der Waals surface area contributed by atoms with Crippen LogP contribution in [0.4, 0.5) is 4.39 Å². The summed E-state index contributed by atoms with van der Waals surface area (Å²) in [4.78, 5) is 12.1. The molecule has 0 bridgehead atoms. The fraction of sp³-hybridized carbons (Fsp3) is 0.562. The Morgan fingerprint density at radius 2 is 1.90 bits per heavy atom. The molecule has 1 aromatic carbocycles. The molecule has 0 saturated carbocycles. The molecule has 0 saturated heterocycles. The highest BCUT2D eigenvalue weighted by Gasteiger charge is 2.23. The van der Waals surface area contributed by atoms with E-state index in [0.717, 1.165) is 6.42 Å². The third kappa shape index (κ3) is 4.60. The van der Waals surface area contributed by atoms with Gasteiger partial charge < -0.3 is 5.32 Å². The molecule has 0 aliphatic heterocycles. The van der Waals surface area contributed by atoms with Gasteiger partial charge in [-0.2, -0.15) is 0 Å². The van der Waals surface area contributed by atoms with E-state index in [1.165, 1.54) is 6.07 Å². The van der Waals surface area contributed by atoms with Crippen molar-refractivity contribution in [1.82, 2.24) is 10.6 Å². The lowest BCUT2D eigenvalue weighted by atomic mass is 10.0. The predicted molar refractivity (Wildman–Crippen MR) is 79.9 cm³/mol. The van der Waals surface area contributed by atoms with E-state index in [-0.39, 0.29) is 29.3 Å². The molecule has 1 aromatic rings. The van der Waals surface area contributed by atoms with Gasteiger partial charge in [0.15, 0.2) is 0 Å². The zero-order valence-corrected chi connectivity index (χ0v) is 13.0. The van der Waals surface area contributed by atoms with Gasteiger partial charge in [-0.05, 0) is 40.2 Å². The van der Waals surface area contributed by atoms with E-state index in [1.807, 2.05) is 27.7 Å². The third-order valence-electron chi connectivity index (χ3n) is 3.61. The number of carbonyl (C=O) groups excluding carboxylic acids is 1. The van der Waals surface area contributed by atoms with Crippen molar-refractivity contribution in [2.24, 2.45) is 0 Å². The van der Waals surface area contributed by atoms with Crippen molar-refractivity contribution in [1.29, 1.82) is 0 Å². The van der Waals surface area contributed by atoms with Crippen LogP contribution in [0.3, 0.4) is 0 Å². The number of carbonyl (C=O) groups is 1. The Balaban J connectivity index is 2.64. The van der Waals surface area contributed by atoms with E-state index in [1.54, 1.807) is 25.1 Å². The van der Waals surface area contributed by atoms with Crippen LogP contribution in [-0.2, 0) is 4.79 Å². The average molecular weight is 280 g/mol. The molecule has 1 rings (SSSR count). The highest BCUT2D eigenvalue weighted by Crippen LogP contribution is 2.17. The second-order valence-corrected chi connectivity index (χ2v) is 5.86. The molecular formula is C16H25FN2O. The fourth-order valence-corrected chi connectivity index (χ4v) is 1.90. The Kier molecular flexibility index (Phi) is 5.69. The smallest absolute Gasteiger partial charge is 0.237 e. The van der Waals surface area contributed by atoms with Crippen molar-refractivity contribution in [3.05, 3.63) is 35.6 Å². The van der Waals surface area contributed by atoms with Gasteiger partial charge in [0.05, 0.1) is 6.04 Å². The number of hydrogen-bond donors (Lipinski definition) is 2. The Bertz CT molecular complexity index is 460. The number of benzene rings is 1. The van der Waals surface area contributed by atoms with Crippen LogP contribution in [0, 0.1) is 5.82 Å². The minimum absolute atomic E-state index is 0.0694. The highest BCUT2D eigenvalue weighted by molar-refractivity contribution is 5.82. The van der Waals surface area contributed by atoms with Crippen molar-refractivity contribution >= 4 is 5.91 Å². The van der Waals surface area contributed by atoms with Crippen molar-refractivity contribution in [2.45, 2.75) is 58.7 Å². The van der Waals surface area contributed by atoms with E-state index >= 15 is 0 Å². The second kappa shape index (κ2) is 6.84. The lowest BCUT2D eigenvalue weighted by molar-refractivity contribution is -0.124. The van der Waals surface area contributed by atoms with Crippen LogP contribution in [0.2, 0.25) is 0 Å². The lowest BCUT2D eigenvalue weighted by Gasteiger charge is -2.28. The van der Waals surface area contributed by atoms with Crippen molar-refractivity contribution in [3.8, 4) is 0 Å². The maximum atomic E-state index is 13.7. The molecule has 0 heterocycles. The average Bonchev–Trinajstić information content (AvgIpc) is 2.38. The molecule has 0 fully saturated rings. The van der Waals surface area contributed by atoms with Gasteiger partial charge in [0.1, 0.15) is 5.82 Å². The Morgan fingerprint density at radius 1 is 1.30 bits per heavy atom. The van der Waals surface area contributed by atoms with Crippen molar-refractivity contribution in [3.63, 3.8) is 0 Å². The van der Waals surface area contributed by atoms with Gasteiger partial charge in [-0.3, -0.25) is 10.1 Å². The number of nitrogens with one attached hydrogen (secondary N) is 2. The van der Waals surface area contributed by atoms with Crippen LogP contribution < -0.4 is 10.6 Å². The lowest BCUT2D eigenvalue weighted by Crippen LogP contribution is -2.51. The monoisotopic (exact) mass is 280 g/mol. The van der Waals surface area contributed by atoms with Gasteiger partial charge in [0.25, 0.3) is 0 Å². The molecule has 0 aliphatic rings. The highest BCUT2D eigenvalue weighted by atomic mass is 19.1. The SMILES string of the molecule is CCC(C)(C)NC(=O)C(C)N[C@H](C)c1ccccc1F. The number of halogens is 1. The molecule has 112 valence electrons. The minimum atomic E-state index is -0.379. The van der Waals surface area contributed by atoms with Crippen LogP contribution in [-0.4, -0.2) is 17.5 Å². The molecule has 1 amide bonds. The van der Waals surface area contributed by atoms with Gasteiger partial charge in [-0.25, -0.2) is 4.39 Å². The number of rotatable bonds is 6. The van der Waals surface area contributed by atoms with Gasteiger partial charge in [-0.15, -0.1) is 0 Å².